The summed E-state index contributed by atoms with van der Waals surface area (Å²) in [6, 6.07) is 8.38. The minimum absolute atomic E-state index is 0. The van der Waals surface area contributed by atoms with Crippen LogP contribution in [0.1, 0.15) is 11.1 Å². The lowest BCUT2D eigenvalue weighted by Gasteiger charge is -1.99. The van der Waals surface area contributed by atoms with Gasteiger partial charge in [0.1, 0.15) is 0 Å². The second-order valence-corrected chi connectivity index (χ2v) is 2.42. The molecule has 1 rings (SSSR count). The van der Waals surface area contributed by atoms with Crippen LogP contribution in [0.4, 0.5) is 0 Å². The minimum Gasteiger partial charge on any atom is -0.197 e. The van der Waals surface area contributed by atoms with Crippen LogP contribution in [0.3, 0.4) is 0 Å². The van der Waals surface area contributed by atoms with E-state index in [1.807, 2.05) is 6.08 Å². The van der Waals surface area contributed by atoms with Crippen LogP contribution >= 0.6 is 13.5 Å². The van der Waals surface area contributed by atoms with Crippen LogP contribution in [-0.4, -0.2) is 0 Å². The van der Waals surface area contributed by atoms with Crippen molar-refractivity contribution in [2.75, 3.05) is 0 Å². The van der Waals surface area contributed by atoms with Gasteiger partial charge in [0.2, 0.25) is 0 Å². The molecule has 0 atom stereocenters. The molecule has 0 aliphatic heterocycles. The molecule has 0 saturated carbocycles. The van der Waals surface area contributed by atoms with E-state index in [9.17, 15) is 0 Å². The maximum Gasteiger partial charge on any atom is -0.00975 e. The first-order chi connectivity index (χ1) is 4.84. The van der Waals surface area contributed by atoms with E-state index in [0.29, 0.717) is 0 Å². The third-order valence-corrected chi connectivity index (χ3v) is 1.63. The summed E-state index contributed by atoms with van der Waals surface area (Å²) in [5.41, 5.74) is 2.72. The average Bonchev–Trinajstić information content (AvgIpc) is 1.94. The average molecular weight is 166 g/mol. The van der Waals surface area contributed by atoms with Crippen molar-refractivity contribution in [3.63, 3.8) is 0 Å². The highest BCUT2D eigenvalue weighted by atomic mass is 32.1. The maximum atomic E-state index is 3.70. The molecule has 1 aromatic carbocycles. The number of hydrogen-bond donors (Lipinski definition) is 0. The van der Waals surface area contributed by atoms with Crippen molar-refractivity contribution in [3.8, 4) is 0 Å². The van der Waals surface area contributed by atoms with Gasteiger partial charge in [-0.2, -0.15) is 13.5 Å². The van der Waals surface area contributed by atoms with Crippen molar-refractivity contribution in [1.82, 2.24) is 0 Å². The fourth-order valence-electron chi connectivity index (χ4n) is 0.995. The number of aryl methyl sites for hydroxylation is 1. The summed E-state index contributed by atoms with van der Waals surface area (Å²) < 4.78 is 0. The highest BCUT2D eigenvalue weighted by Crippen LogP contribution is 2.07. The number of rotatable bonds is 2. The molecular weight excluding hydrogens is 152 g/mol. The molecule has 0 aliphatic carbocycles. The lowest BCUT2D eigenvalue weighted by molar-refractivity contribution is 1.22. The quantitative estimate of drug-likeness (QED) is 0.593. The van der Waals surface area contributed by atoms with E-state index in [1.165, 1.54) is 11.1 Å². The molecule has 60 valence electrons. The zero-order valence-electron chi connectivity index (χ0n) is 6.80. The van der Waals surface area contributed by atoms with E-state index < -0.39 is 0 Å². The SMILES string of the molecule is C=CCc1ccccc1C.S. The van der Waals surface area contributed by atoms with Crippen molar-refractivity contribution >= 4 is 13.5 Å². The van der Waals surface area contributed by atoms with Crippen LogP contribution in [0.15, 0.2) is 36.9 Å². The summed E-state index contributed by atoms with van der Waals surface area (Å²) in [6.45, 7) is 5.82. The van der Waals surface area contributed by atoms with Gasteiger partial charge in [0.15, 0.2) is 0 Å². The summed E-state index contributed by atoms with van der Waals surface area (Å²) >= 11 is 0. The Balaban J connectivity index is 0.000001000. The molecule has 11 heavy (non-hydrogen) atoms. The Labute approximate surface area is 75.4 Å². The highest BCUT2D eigenvalue weighted by molar-refractivity contribution is 7.59. The van der Waals surface area contributed by atoms with Gasteiger partial charge in [0.25, 0.3) is 0 Å². The second kappa shape index (κ2) is 5.03. The zero-order valence-corrected chi connectivity index (χ0v) is 7.80. The largest absolute Gasteiger partial charge is 0.197 e. The number of benzene rings is 1. The number of hydrogen-bond acceptors (Lipinski definition) is 0. The van der Waals surface area contributed by atoms with Gasteiger partial charge in [0.05, 0.1) is 0 Å². The van der Waals surface area contributed by atoms with Gasteiger partial charge in [-0.05, 0) is 24.5 Å². The Morgan fingerprint density at radius 1 is 1.36 bits per heavy atom. The Hall–Kier alpha value is -0.690. The van der Waals surface area contributed by atoms with E-state index in [1.54, 1.807) is 0 Å². The number of allylic oxidation sites excluding steroid dienone is 1. The minimum atomic E-state index is 0. The summed E-state index contributed by atoms with van der Waals surface area (Å²) in [6.07, 6.45) is 2.91. The molecule has 0 aliphatic rings. The van der Waals surface area contributed by atoms with E-state index >= 15 is 0 Å². The standard InChI is InChI=1S/C10H12.H2S/c1-3-6-10-8-5-4-7-9(10)2;/h3-5,7-8H,1,6H2,2H3;1H2. The second-order valence-electron chi connectivity index (χ2n) is 2.42. The highest BCUT2D eigenvalue weighted by Gasteiger charge is 1.90. The first kappa shape index (κ1) is 10.3. The molecule has 1 heteroatoms. The van der Waals surface area contributed by atoms with Crippen LogP contribution in [0.25, 0.3) is 0 Å². The molecule has 0 saturated heterocycles. The molecule has 0 bridgehead atoms. The van der Waals surface area contributed by atoms with Crippen LogP contribution in [-0.2, 0) is 6.42 Å². The molecule has 0 amide bonds. The summed E-state index contributed by atoms with van der Waals surface area (Å²) in [4.78, 5) is 0. The molecule has 0 nitrogen and oxygen atoms in total. The fraction of sp³-hybridized carbons (Fsp3) is 0.200. The first-order valence-corrected chi connectivity index (χ1v) is 3.50. The van der Waals surface area contributed by atoms with Gasteiger partial charge in [-0.3, -0.25) is 0 Å². The summed E-state index contributed by atoms with van der Waals surface area (Å²) in [5, 5.41) is 0. The van der Waals surface area contributed by atoms with Gasteiger partial charge < -0.3 is 0 Å². The molecule has 0 aromatic heterocycles. The summed E-state index contributed by atoms with van der Waals surface area (Å²) in [7, 11) is 0. The van der Waals surface area contributed by atoms with Crippen molar-refractivity contribution in [2.45, 2.75) is 13.3 Å². The third-order valence-electron chi connectivity index (χ3n) is 1.63. The predicted octanol–water partition coefficient (Wildman–Crippen LogP) is 2.84. The molecule has 0 radical (unpaired) electrons. The van der Waals surface area contributed by atoms with Gasteiger partial charge >= 0.3 is 0 Å². The van der Waals surface area contributed by atoms with Crippen LogP contribution < -0.4 is 0 Å². The normalized spacial score (nSPS) is 8.45. The zero-order chi connectivity index (χ0) is 7.40. The molecule has 0 N–H and O–H groups in total. The van der Waals surface area contributed by atoms with E-state index in [-0.39, 0.29) is 13.5 Å². The van der Waals surface area contributed by atoms with E-state index in [0.717, 1.165) is 6.42 Å². The summed E-state index contributed by atoms with van der Waals surface area (Å²) in [5.74, 6) is 0. The van der Waals surface area contributed by atoms with E-state index in [4.69, 9.17) is 0 Å². The topological polar surface area (TPSA) is 0 Å². The van der Waals surface area contributed by atoms with Gasteiger partial charge in [-0.25, -0.2) is 0 Å². The lowest BCUT2D eigenvalue weighted by atomic mass is 10.1. The Kier molecular flexibility index (Phi) is 4.71. The van der Waals surface area contributed by atoms with Gasteiger partial charge in [0, 0.05) is 0 Å². The first-order valence-electron chi connectivity index (χ1n) is 3.50. The molecular formula is C10H14S. The smallest absolute Gasteiger partial charge is 0.00975 e. The lowest BCUT2D eigenvalue weighted by Crippen LogP contribution is -1.83. The predicted molar refractivity (Wildman–Crippen MR) is 55.5 cm³/mol. The maximum absolute atomic E-state index is 3.70. The Bertz CT molecular complexity index is 228. The monoisotopic (exact) mass is 166 g/mol. The molecule has 0 unspecified atom stereocenters. The van der Waals surface area contributed by atoms with Gasteiger partial charge in [-0.1, -0.05) is 30.3 Å². The van der Waals surface area contributed by atoms with Crippen molar-refractivity contribution in [1.29, 1.82) is 0 Å². The van der Waals surface area contributed by atoms with Crippen molar-refractivity contribution in [2.24, 2.45) is 0 Å². The Morgan fingerprint density at radius 2 is 2.00 bits per heavy atom. The Morgan fingerprint density at radius 3 is 2.55 bits per heavy atom. The van der Waals surface area contributed by atoms with E-state index in [2.05, 4.69) is 37.8 Å². The molecule has 0 heterocycles. The molecule has 0 fully saturated rings. The molecule has 1 aromatic rings. The van der Waals surface area contributed by atoms with Gasteiger partial charge in [-0.15, -0.1) is 6.58 Å². The fourth-order valence-corrected chi connectivity index (χ4v) is 0.995. The van der Waals surface area contributed by atoms with Crippen molar-refractivity contribution in [3.05, 3.63) is 48.0 Å². The molecule has 0 spiro atoms. The van der Waals surface area contributed by atoms with Crippen LogP contribution in [0.2, 0.25) is 0 Å². The van der Waals surface area contributed by atoms with Crippen molar-refractivity contribution < 1.29 is 0 Å². The van der Waals surface area contributed by atoms with Crippen LogP contribution in [0.5, 0.6) is 0 Å². The third kappa shape index (κ3) is 2.81. The van der Waals surface area contributed by atoms with Crippen LogP contribution in [0, 0.1) is 6.92 Å².